The van der Waals surface area contributed by atoms with Crippen LogP contribution in [0.4, 0.5) is 15.9 Å². The molecule has 0 aliphatic carbocycles. The lowest BCUT2D eigenvalue weighted by atomic mass is 10.2. The molecule has 0 unspecified atom stereocenters. The molecule has 1 aromatic carbocycles. The van der Waals surface area contributed by atoms with Gasteiger partial charge in [0.05, 0.1) is 58.9 Å². The van der Waals surface area contributed by atoms with Gasteiger partial charge in [-0.2, -0.15) is 9.46 Å². The normalized spacial score (nSPS) is 19.8. The standard InChI is InChI=1S/C22H24FN5O5S/c1-14-17(22(29)27-34(30)8-6-31-7-9-34)11-28-20(14)21(24-13-25-28)26-18-3-2-15(23)10-19(18)33-16-4-5-32-12-16/h2-3,10-11,13,16H,4-9,12H2,1H3,(H,24,25,26)/t16-/m0/s1. The van der Waals surface area contributed by atoms with Crippen LogP contribution in [0.3, 0.4) is 0 Å². The summed E-state index contributed by atoms with van der Waals surface area (Å²) in [6.07, 6.45) is 3.44. The van der Waals surface area contributed by atoms with Gasteiger partial charge in [-0.25, -0.2) is 18.1 Å². The largest absolute Gasteiger partial charge is 0.486 e. The number of aryl methyl sites for hydroxylation is 1. The molecule has 1 atom stereocenters. The number of benzene rings is 1. The zero-order valence-electron chi connectivity index (χ0n) is 18.5. The minimum Gasteiger partial charge on any atom is -0.486 e. The second kappa shape index (κ2) is 9.28. The first-order chi connectivity index (χ1) is 16.4. The van der Waals surface area contributed by atoms with Crippen molar-refractivity contribution in [1.29, 1.82) is 0 Å². The van der Waals surface area contributed by atoms with Crippen molar-refractivity contribution >= 4 is 32.7 Å². The van der Waals surface area contributed by atoms with E-state index in [1.165, 1.54) is 23.0 Å². The maximum atomic E-state index is 13.9. The molecule has 4 heterocycles. The Morgan fingerprint density at radius 3 is 2.88 bits per heavy atom. The number of halogens is 1. The number of anilines is 2. The van der Waals surface area contributed by atoms with Crippen LogP contribution in [0, 0.1) is 12.7 Å². The van der Waals surface area contributed by atoms with E-state index in [0.717, 1.165) is 6.42 Å². The third-order valence-electron chi connectivity index (χ3n) is 5.78. The van der Waals surface area contributed by atoms with Gasteiger partial charge in [0, 0.05) is 18.7 Å². The van der Waals surface area contributed by atoms with E-state index in [-0.39, 0.29) is 23.2 Å². The van der Waals surface area contributed by atoms with Crippen LogP contribution >= 0.6 is 0 Å². The van der Waals surface area contributed by atoms with Crippen LogP contribution in [0.15, 0.2) is 35.1 Å². The molecule has 2 fully saturated rings. The molecule has 12 heteroatoms. The molecule has 0 radical (unpaired) electrons. The van der Waals surface area contributed by atoms with Gasteiger partial charge >= 0.3 is 0 Å². The number of rotatable bonds is 5. The topological polar surface area (TPSA) is 116 Å². The van der Waals surface area contributed by atoms with Gasteiger partial charge in [-0.1, -0.05) is 0 Å². The lowest BCUT2D eigenvalue weighted by molar-refractivity contribution is 0.100. The van der Waals surface area contributed by atoms with E-state index in [4.69, 9.17) is 14.2 Å². The molecule has 34 heavy (non-hydrogen) atoms. The smallest absolute Gasteiger partial charge is 0.287 e. The van der Waals surface area contributed by atoms with Crippen molar-refractivity contribution in [1.82, 2.24) is 14.6 Å². The molecule has 10 nitrogen and oxygen atoms in total. The fourth-order valence-electron chi connectivity index (χ4n) is 3.95. The summed E-state index contributed by atoms with van der Waals surface area (Å²) in [7, 11) is -2.64. The first-order valence-electron chi connectivity index (χ1n) is 10.9. The van der Waals surface area contributed by atoms with Crippen molar-refractivity contribution in [2.45, 2.75) is 19.4 Å². The second-order valence-electron chi connectivity index (χ2n) is 8.13. The van der Waals surface area contributed by atoms with E-state index in [1.54, 1.807) is 19.2 Å². The monoisotopic (exact) mass is 489 g/mol. The van der Waals surface area contributed by atoms with Crippen molar-refractivity contribution in [3.05, 3.63) is 47.7 Å². The van der Waals surface area contributed by atoms with Crippen LogP contribution in [0.1, 0.15) is 22.3 Å². The maximum absolute atomic E-state index is 13.9. The predicted molar refractivity (Wildman–Crippen MR) is 123 cm³/mol. The zero-order valence-corrected chi connectivity index (χ0v) is 19.3. The molecule has 0 saturated carbocycles. The van der Waals surface area contributed by atoms with E-state index in [9.17, 15) is 13.4 Å². The molecular formula is C22H24FN5O5S. The molecular weight excluding hydrogens is 465 g/mol. The summed E-state index contributed by atoms with van der Waals surface area (Å²) >= 11 is 0. The highest BCUT2D eigenvalue weighted by atomic mass is 32.2. The Morgan fingerprint density at radius 2 is 2.12 bits per heavy atom. The highest BCUT2D eigenvalue weighted by molar-refractivity contribution is 7.94. The Hall–Kier alpha value is -3.09. The van der Waals surface area contributed by atoms with Crippen LogP contribution in [0.5, 0.6) is 5.75 Å². The highest BCUT2D eigenvalue weighted by Crippen LogP contribution is 2.32. The summed E-state index contributed by atoms with van der Waals surface area (Å²) in [5.41, 5.74) is 1.93. The number of nitrogens with one attached hydrogen (secondary N) is 1. The summed E-state index contributed by atoms with van der Waals surface area (Å²) in [5.74, 6) is 0.213. The third-order valence-corrected chi connectivity index (χ3v) is 7.89. The summed E-state index contributed by atoms with van der Waals surface area (Å²) < 4.78 is 48.9. The van der Waals surface area contributed by atoms with E-state index in [0.29, 0.717) is 54.8 Å². The lowest BCUT2D eigenvalue weighted by Gasteiger charge is -2.17. The Labute approximate surface area is 195 Å². The van der Waals surface area contributed by atoms with Gasteiger partial charge < -0.3 is 19.5 Å². The predicted octanol–water partition coefficient (Wildman–Crippen LogP) is 2.73. The van der Waals surface area contributed by atoms with Crippen molar-refractivity contribution in [2.75, 3.05) is 43.3 Å². The minimum atomic E-state index is -2.64. The van der Waals surface area contributed by atoms with Crippen LogP contribution in [0.25, 0.3) is 5.52 Å². The van der Waals surface area contributed by atoms with Crippen molar-refractivity contribution in [3.8, 4) is 5.75 Å². The Balaban J connectivity index is 1.49. The fourth-order valence-corrected chi connectivity index (χ4v) is 5.50. The fraction of sp³-hybridized carbons (Fsp3) is 0.409. The van der Waals surface area contributed by atoms with Gasteiger partial charge in [-0.3, -0.25) is 4.79 Å². The molecule has 2 saturated heterocycles. The molecule has 2 aliphatic heterocycles. The first-order valence-corrected chi connectivity index (χ1v) is 12.8. The Morgan fingerprint density at radius 1 is 1.29 bits per heavy atom. The molecule has 180 valence electrons. The van der Waals surface area contributed by atoms with Gasteiger partial charge in [0.1, 0.15) is 29.5 Å². The van der Waals surface area contributed by atoms with Gasteiger partial charge in [-0.15, -0.1) is 0 Å². The number of carbonyl (C=O) groups is 1. The third kappa shape index (κ3) is 4.61. The number of hydrogen-bond acceptors (Lipinski definition) is 8. The molecule has 2 aliphatic rings. The number of ether oxygens (including phenoxy) is 3. The molecule has 0 bridgehead atoms. The number of nitrogens with zero attached hydrogens (tertiary/aromatic N) is 4. The summed E-state index contributed by atoms with van der Waals surface area (Å²) in [6.45, 7) is 3.43. The number of fused-ring (bicyclic) bond motifs is 1. The Bertz CT molecular complexity index is 1350. The molecule has 1 amide bonds. The molecule has 2 aromatic heterocycles. The Kier molecular flexibility index (Phi) is 6.19. The van der Waals surface area contributed by atoms with Crippen molar-refractivity contribution in [2.24, 2.45) is 4.36 Å². The van der Waals surface area contributed by atoms with E-state index in [2.05, 4.69) is 19.8 Å². The van der Waals surface area contributed by atoms with Crippen LogP contribution in [-0.2, 0) is 19.2 Å². The molecule has 0 spiro atoms. The lowest BCUT2D eigenvalue weighted by Crippen LogP contribution is -2.26. The number of hydrogen-bond donors (Lipinski definition) is 1. The van der Waals surface area contributed by atoms with Crippen LogP contribution in [-0.4, -0.2) is 68.8 Å². The number of aromatic nitrogens is 3. The van der Waals surface area contributed by atoms with Gasteiger partial charge in [0.25, 0.3) is 5.91 Å². The van der Waals surface area contributed by atoms with Gasteiger partial charge in [0.2, 0.25) is 0 Å². The highest BCUT2D eigenvalue weighted by Gasteiger charge is 2.23. The second-order valence-corrected chi connectivity index (χ2v) is 10.7. The molecule has 5 rings (SSSR count). The average Bonchev–Trinajstić information content (AvgIpc) is 3.44. The van der Waals surface area contributed by atoms with Crippen LogP contribution < -0.4 is 10.1 Å². The SMILES string of the molecule is Cc1c(C(=O)N=S2(=O)CCOCC2)cn2ncnc(Nc3ccc(F)cc3O[C@H]3CCOC3)c12. The quantitative estimate of drug-likeness (QED) is 0.582. The summed E-state index contributed by atoms with van der Waals surface area (Å²) in [6, 6.07) is 4.19. The van der Waals surface area contributed by atoms with E-state index in [1.807, 2.05) is 0 Å². The van der Waals surface area contributed by atoms with Crippen LogP contribution in [0.2, 0.25) is 0 Å². The van der Waals surface area contributed by atoms with E-state index < -0.39 is 21.5 Å². The minimum absolute atomic E-state index is 0.166. The molecule has 3 aromatic rings. The van der Waals surface area contributed by atoms with Gasteiger partial charge in [0.15, 0.2) is 5.82 Å². The average molecular weight is 490 g/mol. The number of carbonyl (C=O) groups excluding carboxylic acids is 1. The van der Waals surface area contributed by atoms with Crippen molar-refractivity contribution < 1.29 is 27.6 Å². The summed E-state index contributed by atoms with van der Waals surface area (Å²) in [5, 5.41) is 7.38. The number of amides is 1. The first kappa shape index (κ1) is 22.7. The van der Waals surface area contributed by atoms with Crippen molar-refractivity contribution in [3.63, 3.8) is 0 Å². The van der Waals surface area contributed by atoms with E-state index >= 15 is 0 Å². The molecule has 1 N–H and O–H groups in total. The zero-order chi connectivity index (χ0) is 23.7. The summed E-state index contributed by atoms with van der Waals surface area (Å²) in [4.78, 5) is 17.2. The maximum Gasteiger partial charge on any atom is 0.287 e. The van der Waals surface area contributed by atoms with Gasteiger partial charge in [-0.05, 0) is 24.6 Å².